The van der Waals surface area contributed by atoms with Crippen molar-refractivity contribution in [3.63, 3.8) is 0 Å². The van der Waals surface area contributed by atoms with Crippen LogP contribution < -0.4 is 10.1 Å². The fraction of sp³-hybridized carbons (Fsp3) is 0.500. The molecule has 0 aliphatic heterocycles. The number of methoxy groups -OCH3 is 1. The van der Waals surface area contributed by atoms with E-state index in [1.807, 2.05) is 19.1 Å². The first-order chi connectivity index (χ1) is 8.63. The van der Waals surface area contributed by atoms with Crippen LogP contribution in [0.5, 0.6) is 5.75 Å². The lowest BCUT2D eigenvalue weighted by atomic mass is 10.1. The molecule has 0 fully saturated rings. The third-order valence-corrected chi connectivity index (χ3v) is 2.79. The van der Waals surface area contributed by atoms with Gasteiger partial charge >= 0.3 is 5.97 Å². The summed E-state index contributed by atoms with van der Waals surface area (Å²) in [5.41, 5.74) is 2.18. The van der Waals surface area contributed by atoms with E-state index in [9.17, 15) is 4.79 Å². The second kappa shape index (κ2) is 7.58. The summed E-state index contributed by atoms with van der Waals surface area (Å²) in [5.74, 6) is 0.177. The molecular formula is C14H21NO3. The molecule has 0 saturated carbocycles. The van der Waals surface area contributed by atoms with E-state index >= 15 is 0 Å². The predicted octanol–water partition coefficient (Wildman–Crippen LogP) is 3.06. The first-order valence-corrected chi connectivity index (χ1v) is 6.24. The number of ether oxygens (including phenoxy) is 1. The minimum atomic E-state index is -0.714. The number of rotatable bonds is 8. The van der Waals surface area contributed by atoms with Gasteiger partial charge in [-0.05, 0) is 43.5 Å². The summed E-state index contributed by atoms with van der Waals surface area (Å²) in [5, 5.41) is 11.8. The Labute approximate surface area is 108 Å². The molecule has 100 valence electrons. The molecule has 0 radical (unpaired) electrons. The Hall–Kier alpha value is -1.71. The summed E-state index contributed by atoms with van der Waals surface area (Å²) in [6, 6.07) is 5.99. The maximum absolute atomic E-state index is 10.3. The van der Waals surface area contributed by atoms with Crippen molar-refractivity contribution in [3.05, 3.63) is 23.8 Å². The standard InChI is InChI=1S/C14H21NO3/c1-11-10-12(7-8-13(11)18-2)15-9-5-3-4-6-14(16)17/h7-8,10,15H,3-6,9H2,1-2H3,(H,16,17). The molecule has 18 heavy (non-hydrogen) atoms. The molecule has 1 rings (SSSR count). The van der Waals surface area contributed by atoms with E-state index < -0.39 is 5.97 Å². The van der Waals surface area contributed by atoms with Gasteiger partial charge in [0.2, 0.25) is 0 Å². The van der Waals surface area contributed by atoms with Gasteiger partial charge in [0.15, 0.2) is 0 Å². The van der Waals surface area contributed by atoms with Gasteiger partial charge in [0, 0.05) is 18.7 Å². The van der Waals surface area contributed by atoms with E-state index in [-0.39, 0.29) is 6.42 Å². The van der Waals surface area contributed by atoms with Gasteiger partial charge in [0.05, 0.1) is 7.11 Å². The fourth-order valence-electron chi connectivity index (χ4n) is 1.80. The Kier molecular flexibility index (Phi) is 6.05. The van der Waals surface area contributed by atoms with Gasteiger partial charge in [-0.25, -0.2) is 0 Å². The highest BCUT2D eigenvalue weighted by Gasteiger charge is 2.00. The van der Waals surface area contributed by atoms with Crippen LogP contribution in [0.1, 0.15) is 31.2 Å². The molecule has 0 spiro atoms. The molecule has 1 aromatic carbocycles. The Bertz CT molecular complexity index is 391. The smallest absolute Gasteiger partial charge is 0.303 e. The summed E-state index contributed by atoms with van der Waals surface area (Å²) in [7, 11) is 1.66. The van der Waals surface area contributed by atoms with Crippen LogP contribution in [0, 0.1) is 6.92 Å². The number of unbranched alkanes of at least 4 members (excludes halogenated alkanes) is 2. The second-order valence-corrected chi connectivity index (χ2v) is 4.32. The number of hydrogen-bond donors (Lipinski definition) is 2. The normalized spacial score (nSPS) is 10.1. The number of carboxylic acid groups (broad SMARTS) is 1. The lowest BCUT2D eigenvalue weighted by Crippen LogP contribution is -2.02. The fourth-order valence-corrected chi connectivity index (χ4v) is 1.80. The molecule has 0 bridgehead atoms. The Morgan fingerprint density at radius 2 is 2.11 bits per heavy atom. The summed E-state index contributed by atoms with van der Waals surface area (Å²) < 4.78 is 5.20. The van der Waals surface area contributed by atoms with Crippen molar-refractivity contribution in [1.29, 1.82) is 0 Å². The molecule has 0 aromatic heterocycles. The van der Waals surface area contributed by atoms with Crippen LogP contribution in [0.25, 0.3) is 0 Å². The zero-order chi connectivity index (χ0) is 13.4. The maximum atomic E-state index is 10.3. The summed E-state index contributed by atoms with van der Waals surface area (Å²) in [6.07, 6.45) is 2.94. The van der Waals surface area contributed by atoms with Gasteiger partial charge in [0.1, 0.15) is 5.75 Å². The minimum absolute atomic E-state index is 0.266. The van der Waals surface area contributed by atoms with Crippen LogP contribution in [0.4, 0.5) is 5.69 Å². The monoisotopic (exact) mass is 251 g/mol. The third-order valence-electron chi connectivity index (χ3n) is 2.79. The average Bonchev–Trinajstić information content (AvgIpc) is 2.33. The van der Waals surface area contributed by atoms with Crippen LogP contribution in [0.15, 0.2) is 18.2 Å². The van der Waals surface area contributed by atoms with E-state index in [1.165, 1.54) is 0 Å². The van der Waals surface area contributed by atoms with E-state index in [2.05, 4.69) is 11.4 Å². The van der Waals surface area contributed by atoms with Crippen LogP contribution >= 0.6 is 0 Å². The van der Waals surface area contributed by atoms with Gasteiger partial charge in [-0.3, -0.25) is 4.79 Å². The van der Waals surface area contributed by atoms with Gasteiger partial charge in [0.25, 0.3) is 0 Å². The number of benzene rings is 1. The summed E-state index contributed by atoms with van der Waals surface area (Å²) >= 11 is 0. The van der Waals surface area contributed by atoms with Crippen molar-refractivity contribution in [1.82, 2.24) is 0 Å². The molecule has 0 heterocycles. The number of hydrogen-bond acceptors (Lipinski definition) is 3. The van der Waals surface area contributed by atoms with Crippen molar-refractivity contribution >= 4 is 11.7 Å². The van der Waals surface area contributed by atoms with Crippen LogP contribution in [0.2, 0.25) is 0 Å². The zero-order valence-corrected chi connectivity index (χ0v) is 11.0. The van der Waals surface area contributed by atoms with E-state index in [0.717, 1.165) is 42.8 Å². The van der Waals surface area contributed by atoms with Crippen molar-refractivity contribution in [2.24, 2.45) is 0 Å². The molecule has 0 aliphatic rings. The first-order valence-electron chi connectivity index (χ1n) is 6.24. The molecule has 0 saturated heterocycles. The Morgan fingerprint density at radius 1 is 1.33 bits per heavy atom. The van der Waals surface area contributed by atoms with Gasteiger partial charge < -0.3 is 15.2 Å². The topological polar surface area (TPSA) is 58.6 Å². The Morgan fingerprint density at radius 3 is 2.72 bits per heavy atom. The van der Waals surface area contributed by atoms with E-state index in [4.69, 9.17) is 9.84 Å². The lowest BCUT2D eigenvalue weighted by molar-refractivity contribution is -0.137. The molecule has 0 unspecified atom stereocenters. The number of aryl methyl sites for hydroxylation is 1. The van der Waals surface area contributed by atoms with Crippen molar-refractivity contribution in [3.8, 4) is 5.75 Å². The predicted molar refractivity (Wildman–Crippen MR) is 72.3 cm³/mol. The third kappa shape index (κ3) is 5.08. The number of aliphatic carboxylic acids is 1. The van der Waals surface area contributed by atoms with E-state index in [0.29, 0.717) is 0 Å². The highest BCUT2D eigenvalue weighted by Crippen LogP contribution is 2.21. The Balaban J connectivity index is 2.23. The van der Waals surface area contributed by atoms with Gasteiger partial charge in [-0.2, -0.15) is 0 Å². The van der Waals surface area contributed by atoms with Gasteiger partial charge in [-0.15, -0.1) is 0 Å². The van der Waals surface area contributed by atoms with Crippen molar-refractivity contribution < 1.29 is 14.6 Å². The molecule has 2 N–H and O–H groups in total. The highest BCUT2D eigenvalue weighted by atomic mass is 16.5. The second-order valence-electron chi connectivity index (χ2n) is 4.32. The molecule has 4 heteroatoms. The van der Waals surface area contributed by atoms with E-state index in [1.54, 1.807) is 7.11 Å². The van der Waals surface area contributed by atoms with Crippen molar-refractivity contribution in [2.75, 3.05) is 19.0 Å². The number of carbonyl (C=O) groups is 1. The summed E-state index contributed by atoms with van der Waals surface area (Å²) in [4.78, 5) is 10.3. The summed E-state index contributed by atoms with van der Waals surface area (Å²) in [6.45, 7) is 2.88. The lowest BCUT2D eigenvalue weighted by Gasteiger charge is -2.09. The minimum Gasteiger partial charge on any atom is -0.496 e. The van der Waals surface area contributed by atoms with Crippen molar-refractivity contribution in [2.45, 2.75) is 32.6 Å². The molecule has 4 nitrogen and oxygen atoms in total. The van der Waals surface area contributed by atoms with Gasteiger partial charge in [-0.1, -0.05) is 6.42 Å². The van der Waals surface area contributed by atoms with Crippen LogP contribution in [-0.4, -0.2) is 24.7 Å². The first kappa shape index (κ1) is 14.4. The quantitative estimate of drug-likeness (QED) is 0.697. The molecular weight excluding hydrogens is 230 g/mol. The molecule has 0 aliphatic carbocycles. The largest absolute Gasteiger partial charge is 0.496 e. The zero-order valence-electron chi connectivity index (χ0n) is 11.0. The molecule has 0 atom stereocenters. The molecule has 0 amide bonds. The average molecular weight is 251 g/mol. The number of carboxylic acids is 1. The SMILES string of the molecule is COc1ccc(NCCCCCC(=O)O)cc1C. The highest BCUT2D eigenvalue weighted by molar-refractivity contribution is 5.66. The number of nitrogens with one attached hydrogen (secondary N) is 1. The number of anilines is 1. The maximum Gasteiger partial charge on any atom is 0.303 e. The van der Waals surface area contributed by atoms with Crippen LogP contribution in [-0.2, 0) is 4.79 Å². The van der Waals surface area contributed by atoms with Crippen LogP contribution in [0.3, 0.4) is 0 Å². The molecule has 1 aromatic rings.